The van der Waals surface area contributed by atoms with Gasteiger partial charge in [0.05, 0.1) is 12.7 Å². The standard InChI is InChI=1S/C18H28O4/c1-20-16-22-18(12-8-13-19)11-6-3-7-14-21-15-17-9-4-2-5-10-17/h2,4-5,9-10,13,18H,3,6-8,11-12,14-16H2,1H3/t18-/m1/s1. The number of carbonyl (C=O) groups is 1. The van der Waals surface area contributed by atoms with Crippen LogP contribution in [0.25, 0.3) is 0 Å². The maximum absolute atomic E-state index is 10.4. The highest BCUT2D eigenvalue weighted by Gasteiger charge is 2.08. The smallest absolute Gasteiger partial charge is 0.146 e. The normalized spacial score (nSPS) is 12.2. The number of benzene rings is 1. The third-order valence-electron chi connectivity index (χ3n) is 3.45. The van der Waals surface area contributed by atoms with Gasteiger partial charge >= 0.3 is 0 Å². The number of ether oxygens (including phenoxy) is 3. The molecule has 0 saturated heterocycles. The number of unbranched alkanes of at least 4 members (excludes halogenated alkanes) is 2. The molecule has 0 saturated carbocycles. The van der Waals surface area contributed by atoms with E-state index in [1.54, 1.807) is 7.11 Å². The Hall–Kier alpha value is -1.23. The van der Waals surface area contributed by atoms with E-state index >= 15 is 0 Å². The second kappa shape index (κ2) is 13.4. The molecular formula is C18H28O4. The van der Waals surface area contributed by atoms with E-state index in [2.05, 4.69) is 12.1 Å². The molecule has 0 aromatic heterocycles. The largest absolute Gasteiger partial charge is 0.377 e. The molecule has 4 nitrogen and oxygen atoms in total. The highest BCUT2D eigenvalue weighted by atomic mass is 16.7. The van der Waals surface area contributed by atoms with Crippen LogP contribution in [0.4, 0.5) is 0 Å². The Morgan fingerprint density at radius 3 is 2.64 bits per heavy atom. The van der Waals surface area contributed by atoms with Crippen LogP contribution in [-0.4, -0.2) is 32.9 Å². The number of carbonyl (C=O) groups excluding carboxylic acids is 1. The summed E-state index contributed by atoms with van der Waals surface area (Å²) in [5.41, 5.74) is 1.21. The first-order valence-corrected chi connectivity index (χ1v) is 8.02. The molecule has 0 aliphatic heterocycles. The minimum absolute atomic E-state index is 0.121. The average molecular weight is 308 g/mol. The minimum Gasteiger partial charge on any atom is -0.377 e. The van der Waals surface area contributed by atoms with Crippen molar-refractivity contribution in [3.05, 3.63) is 35.9 Å². The number of methoxy groups -OCH3 is 1. The highest BCUT2D eigenvalue weighted by Crippen LogP contribution is 2.12. The molecule has 0 heterocycles. The van der Waals surface area contributed by atoms with E-state index in [-0.39, 0.29) is 6.10 Å². The Balaban J connectivity index is 2.01. The quantitative estimate of drug-likeness (QED) is 0.298. The molecule has 0 bridgehead atoms. The molecule has 0 fully saturated rings. The van der Waals surface area contributed by atoms with Gasteiger partial charge in [-0.3, -0.25) is 0 Å². The molecular weight excluding hydrogens is 280 g/mol. The molecule has 0 N–H and O–H groups in total. The first-order valence-electron chi connectivity index (χ1n) is 8.02. The molecule has 124 valence electrons. The van der Waals surface area contributed by atoms with E-state index in [9.17, 15) is 4.79 Å². The summed E-state index contributed by atoms with van der Waals surface area (Å²) in [5, 5.41) is 0. The Morgan fingerprint density at radius 2 is 1.91 bits per heavy atom. The molecule has 1 atom stereocenters. The lowest BCUT2D eigenvalue weighted by atomic mass is 10.1. The van der Waals surface area contributed by atoms with Gasteiger partial charge < -0.3 is 19.0 Å². The molecule has 4 heteroatoms. The second-order valence-corrected chi connectivity index (χ2v) is 5.33. The van der Waals surface area contributed by atoms with E-state index < -0.39 is 0 Å². The Labute approximate surface area is 133 Å². The fourth-order valence-corrected chi connectivity index (χ4v) is 2.25. The Kier molecular flexibility index (Phi) is 11.5. The molecule has 1 rings (SSSR count). The summed E-state index contributed by atoms with van der Waals surface area (Å²) in [6.45, 7) is 1.76. The fraction of sp³-hybridized carbons (Fsp3) is 0.611. The molecule has 1 aromatic rings. The van der Waals surface area contributed by atoms with Gasteiger partial charge in [-0.15, -0.1) is 0 Å². The average Bonchev–Trinajstić information content (AvgIpc) is 2.56. The van der Waals surface area contributed by atoms with Gasteiger partial charge in [-0.2, -0.15) is 0 Å². The van der Waals surface area contributed by atoms with Crippen LogP contribution in [0.15, 0.2) is 30.3 Å². The van der Waals surface area contributed by atoms with Crippen LogP contribution in [0.3, 0.4) is 0 Å². The summed E-state index contributed by atoms with van der Waals surface area (Å²) in [4.78, 5) is 10.4. The Morgan fingerprint density at radius 1 is 1.09 bits per heavy atom. The Bertz CT molecular complexity index is 367. The van der Waals surface area contributed by atoms with Crippen molar-refractivity contribution in [3.63, 3.8) is 0 Å². The van der Waals surface area contributed by atoms with Crippen molar-refractivity contribution in [2.24, 2.45) is 0 Å². The third-order valence-corrected chi connectivity index (χ3v) is 3.45. The van der Waals surface area contributed by atoms with Crippen molar-refractivity contribution >= 4 is 6.29 Å². The number of rotatable bonds is 14. The zero-order valence-electron chi connectivity index (χ0n) is 13.5. The van der Waals surface area contributed by atoms with Crippen molar-refractivity contribution in [1.29, 1.82) is 0 Å². The molecule has 0 unspecified atom stereocenters. The molecule has 0 amide bonds. The van der Waals surface area contributed by atoms with Gasteiger partial charge in [0.1, 0.15) is 13.1 Å². The van der Waals surface area contributed by atoms with Gasteiger partial charge in [-0.05, 0) is 24.8 Å². The van der Waals surface area contributed by atoms with Gasteiger partial charge in [0.25, 0.3) is 0 Å². The summed E-state index contributed by atoms with van der Waals surface area (Å²) in [7, 11) is 1.61. The maximum atomic E-state index is 10.4. The summed E-state index contributed by atoms with van der Waals surface area (Å²) in [6, 6.07) is 10.2. The maximum Gasteiger partial charge on any atom is 0.146 e. The molecule has 0 aliphatic rings. The van der Waals surface area contributed by atoms with E-state index in [4.69, 9.17) is 14.2 Å². The zero-order chi connectivity index (χ0) is 15.9. The van der Waals surface area contributed by atoms with Gasteiger partial charge in [0, 0.05) is 20.1 Å². The number of hydrogen-bond acceptors (Lipinski definition) is 4. The van der Waals surface area contributed by atoms with Crippen LogP contribution in [0.5, 0.6) is 0 Å². The van der Waals surface area contributed by atoms with Crippen molar-refractivity contribution in [2.75, 3.05) is 20.5 Å². The van der Waals surface area contributed by atoms with Crippen LogP contribution in [0.2, 0.25) is 0 Å². The molecule has 1 aromatic carbocycles. The zero-order valence-corrected chi connectivity index (χ0v) is 13.5. The van der Waals surface area contributed by atoms with E-state index in [0.717, 1.165) is 45.0 Å². The van der Waals surface area contributed by atoms with Gasteiger partial charge in [0.15, 0.2) is 0 Å². The van der Waals surface area contributed by atoms with Gasteiger partial charge in [-0.1, -0.05) is 43.2 Å². The van der Waals surface area contributed by atoms with E-state index in [0.29, 0.717) is 19.8 Å². The number of aldehydes is 1. The summed E-state index contributed by atoms with van der Waals surface area (Å²) in [6.07, 6.45) is 6.61. The lowest BCUT2D eigenvalue weighted by molar-refractivity contribution is -0.110. The summed E-state index contributed by atoms with van der Waals surface area (Å²) >= 11 is 0. The fourth-order valence-electron chi connectivity index (χ4n) is 2.25. The van der Waals surface area contributed by atoms with Gasteiger partial charge in [-0.25, -0.2) is 0 Å². The van der Waals surface area contributed by atoms with Crippen molar-refractivity contribution < 1.29 is 19.0 Å². The second-order valence-electron chi connectivity index (χ2n) is 5.33. The molecule has 0 spiro atoms. The summed E-state index contributed by atoms with van der Waals surface area (Å²) in [5.74, 6) is 0. The van der Waals surface area contributed by atoms with Crippen LogP contribution < -0.4 is 0 Å². The lowest BCUT2D eigenvalue weighted by Gasteiger charge is -2.16. The monoisotopic (exact) mass is 308 g/mol. The predicted molar refractivity (Wildman–Crippen MR) is 86.6 cm³/mol. The SMILES string of the molecule is COCO[C@@H](CCC=O)CCCCCOCc1ccccc1. The molecule has 0 aliphatic carbocycles. The van der Waals surface area contributed by atoms with Gasteiger partial charge in [0.2, 0.25) is 0 Å². The van der Waals surface area contributed by atoms with E-state index in [1.807, 2.05) is 18.2 Å². The van der Waals surface area contributed by atoms with Crippen LogP contribution in [0.1, 0.15) is 44.1 Å². The van der Waals surface area contributed by atoms with Crippen LogP contribution in [-0.2, 0) is 25.6 Å². The first-order chi connectivity index (χ1) is 10.9. The van der Waals surface area contributed by atoms with Crippen LogP contribution in [0, 0.1) is 0 Å². The minimum atomic E-state index is 0.121. The van der Waals surface area contributed by atoms with Crippen molar-refractivity contribution in [3.8, 4) is 0 Å². The van der Waals surface area contributed by atoms with Crippen molar-refractivity contribution in [1.82, 2.24) is 0 Å². The lowest BCUT2D eigenvalue weighted by Crippen LogP contribution is -2.15. The van der Waals surface area contributed by atoms with E-state index in [1.165, 1.54) is 5.56 Å². The van der Waals surface area contributed by atoms with Crippen LogP contribution >= 0.6 is 0 Å². The third kappa shape index (κ3) is 9.66. The number of hydrogen-bond donors (Lipinski definition) is 0. The highest BCUT2D eigenvalue weighted by molar-refractivity contribution is 5.49. The predicted octanol–water partition coefficient (Wildman–Crippen LogP) is 3.73. The molecule has 0 radical (unpaired) electrons. The summed E-state index contributed by atoms with van der Waals surface area (Å²) < 4.78 is 16.1. The topological polar surface area (TPSA) is 44.8 Å². The molecule has 22 heavy (non-hydrogen) atoms. The first kappa shape index (κ1) is 18.8. The van der Waals surface area contributed by atoms with Crippen molar-refractivity contribution in [2.45, 2.75) is 51.2 Å².